The van der Waals surface area contributed by atoms with E-state index in [0.717, 1.165) is 12.1 Å². The molecule has 0 atom stereocenters. The predicted molar refractivity (Wildman–Crippen MR) is 110 cm³/mol. The third-order valence-corrected chi connectivity index (χ3v) is 8.27. The molecule has 4 nitrogen and oxygen atoms in total. The molecule has 0 aliphatic carbocycles. The zero-order chi connectivity index (χ0) is 17.3. The summed E-state index contributed by atoms with van der Waals surface area (Å²) in [6.45, 7) is 9.67. The minimum atomic E-state index is 0.813. The number of nitrogens with one attached hydrogen (secondary N) is 2. The molecule has 6 heteroatoms. The summed E-state index contributed by atoms with van der Waals surface area (Å²) < 4.78 is 0. The molecule has 6 rings (SSSR count). The summed E-state index contributed by atoms with van der Waals surface area (Å²) in [5.74, 6) is 0. The van der Waals surface area contributed by atoms with Crippen molar-refractivity contribution < 1.29 is 0 Å². The first kappa shape index (κ1) is 17.3. The number of rotatable bonds is 2. The molecule has 0 spiro atoms. The summed E-state index contributed by atoms with van der Waals surface area (Å²) in [5.41, 5.74) is 3.14. The molecule has 0 aromatic carbocycles. The van der Waals surface area contributed by atoms with E-state index in [9.17, 15) is 0 Å². The summed E-state index contributed by atoms with van der Waals surface area (Å²) in [5, 5.41) is 11.1. The molecule has 2 fully saturated rings. The molecule has 0 radical (unpaired) electrons. The van der Waals surface area contributed by atoms with E-state index >= 15 is 0 Å². The molecular formula is C20H28N4S2. The maximum atomic E-state index is 3.34. The van der Waals surface area contributed by atoms with Crippen LogP contribution in [0.25, 0.3) is 0 Å². The monoisotopic (exact) mass is 388 g/mol. The minimum absolute atomic E-state index is 0.813. The van der Waals surface area contributed by atoms with Gasteiger partial charge in [0.05, 0.1) is 0 Å². The molecule has 0 amide bonds. The van der Waals surface area contributed by atoms with Crippen molar-refractivity contribution in [2.75, 3.05) is 39.3 Å². The Bertz CT molecular complexity index is 670. The summed E-state index contributed by atoms with van der Waals surface area (Å²) in [6.07, 6.45) is 2.53. The minimum Gasteiger partial charge on any atom is -0.314 e. The number of fused-ring (bicyclic) bond motifs is 2. The Labute approximate surface area is 164 Å². The standard InChI is InChI=1S/2C10H14N2S/c2*1-3-12(9-5-11-6-9)7-8-2-4-13-10(1)8/h2*2,4,9,11H,1,3,5-7H2. The molecule has 2 N–H and O–H groups in total. The topological polar surface area (TPSA) is 30.5 Å². The highest BCUT2D eigenvalue weighted by molar-refractivity contribution is 7.10. The van der Waals surface area contributed by atoms with Crippen LogP contribution in [-0.4, -0.2) is 61.2 Å². The number of thiophene rings is 2. The van der Waals surface area contributed by atoms with E-state index in [1.54, 1.807) is 20.9 Å². The van der Waals surface area contributed by atoms with Gasteiger partial charge in [-0.15, -0.1) is 22.7 Å². The van der Waals surface area contributed by atoms with E-state index in [2.05, 4.69) is 43.3 Å². The summed E-state index contributed by atoms with van der Waals surface area (Å²) in [7, 11) is 0. The fourth-order valence-electron chi connectivity index (χ4n) is 4.23. The van der Waals surface area contributed by atoms with Gasteiger partial charge >= 0.3 is 0 Å². The molecule has 6 heterocycles. The van der Waals surface area contributed by atoms with Crippen molar-refractivity contribution in [1.29, 1.82) is 0 Å². The third kappa shape index (κ3) is 3.51. The van der Waals surface area contributed by atoms with Crippen LogP contribution in [0.2, 0.25) is 0 Å². The van der Waals surface area contributed by atoms with E-state index in [1.807, 2.05) is 22.7 Å². The smallest absolute Gasteiger partial charge is 0.0349 e. The largest absolute Gasteiger partial charge is 0.314 e. The second kappa shape index (κ2) is 7.70. The van der Waals surface area contributed by atoms with Gasteiger partial charge in [-0.05, 0) is 46.9 Å². The quantitative estimate of drug-likeness (QED) is 0.825. The molecule has 0 bridgehead atoms. The fraction of sp³-hybridized carbons (Fsp3) is 0.600. The van der Waals surface area contributed by atoms with Gasteiger partial charge in [0.25, 0.3) is 0 Å². The van der Waals surface area contributed by atoms with Crippen LogP contribution in [0, 0.1) is 0 Å². The highest BCUT2D eigenvalue weighted by Crippen LogP contribution is 2.26. The van der Waals surface area contributed by atoms with Crippen molar-refractivity contribution in [1.82, 2.24) is 20.4 Å². The van der Waals surface area contributed by atoms with Crippen LogP contribution in [0.15, 0.2) is 22.9 Å². The average Bonchev–Trinajstić information content (AvgIpc) is 3.20. The number of hydrogen-bond acceptors (Lipinski definition) is 6. The predicted octanol–water partition coefficient (Wildman–Crippen LogP) is 2.16. The van der Waals surface area contributed by atoms with Crippen molar-refractivity contribution in [3.8, 4) is 0 Å². The number of nitrogens with zero attached hydrogens (tertiary/aromatic N) is 2. The van der Waals surface area contributed by atoms with Gasteiger partial charge in [0.1, 0.15) is 0 Å². The van der Waals surface area contributed by atoms with Crippen molar-refractivity contribution >= 4 is 22.7 Å². The van der Waals surface area contributed by atoms with E-state index in [4.69, 9.17) is 0 Å². The summed E-state index contributed by atoms with van der Waals surface area (Å²) >= 11 is 3.84. The van der Waals surface area contributed by atoms with Crippen molar-refractivity contribution in [2.24, 2.45) is 0 Å². The Hall–Kier alpha value is -0.760. The molecule has 0 unspecified atom stereocenters. The highest BCUT2D eigenvalue weighted by Gasteiger charge is 2.28. The highest BCUT2D eigenvalue weighted by atomic mass is 32.1. The maximum absolute atomic E-state index is 3.34. The van der Waals surface area contributed by atoms with Crippen LogP contribution >= 0.6 is 22.7 Å². The van der Waals surface area contributed by atoms with Gasteiger partial charge in [0.15, 0.2) is 0 Å². The van der Waals surface area contributed by atoms with Gasteiger partial charge in [-0.25, -0.2) is 0 Å². The number of hydrogen-bond donors (Lipinski definition) is 2. The van der Waals surface area contributed by atoms with Crippen LogP contribution in [0.3, 0.4) is 0 Å². The van der Waals surface area contributed by atoms with E-state index < -0.39 is 0 Å². The zero-order valence-corrected chi connectivity index (χ0v) is 16.9. The third-order valence-electron chi connectivity index (χ3n) is 6.23. The maximum Gasteiger partial charge on any atom is 0.0349 e. The van der Waals surface area contributed by atoms with Gasteiger partial charge in [-0.1, -0.05) is 0 Å². The molecule has 4 aliphatic rings. The second-order valence-electron chi connectivity index (χ2n) is 7.80. The Morgan fingerprint density at radius 3 is 1.58 bits per heavy atom. The van der Waals surface area contributed by atoms with E-state index in [1.165, 1.54) is 65.2 Å². The molecule has 140 valence electrons. The van der Waals surface area contributed by atoms with Crippen LogP contribution in [0.5, 0.6) is 0 Å². The van der Waals surface area contributed by atoms with Crippen molar-refractivity contribution in [3.63, 3.8) is 0 Å². The molecule has 2 aromatic heterocycles. The normalized spacial score (nSPS) is 24.0. The Kier molecular flexibility index (Phi) is 5.14. The van der Waals surface area contributed by atoms with Gasteiger partial charge in [0.2, 0.25) is 0 Å². The molecule has 2 saturated heterocycles. The Morgan fingerprint density at radius 2 is 1.19 bits per heavy atom. The molecule has 4 aliphatic heterocycles. The van der Waals surface area contributed by atoms with Gasteiger partial charge in [-0.3, -0.25) is 9.80 Å². The van der Waals surface area contributed by atoms with Crippen LogP contribution in [-0.2, 0) is 25.9 Å². The Balaban J connectivity index is 0.000000115. The SMILES string of the molecule is c1cc2c(s1)CCN(C1CNC1)C2.c1cc2c(s1)CCN(C1CNC1)C2. The van der Waals surface area contributed by atoms with E-state index in [0.29, 0.717) is 0 Å². The lowest BCUT2D eigenvalue weighted by Crippen LogP contribution is -2.57. The molecule has 0 saturated carbocycles. The second-order valence-corrected chi connectivity index (χ2v) is 9.80. The molecular weight excluding hydrogens is 360 g/mol. The Morgan fingerprint density at radius 1 is 0.731 bits per heavy atom. The lowest BCUT2D eigenvalue weighted by Gasteiger charge is -2.40. The first-order chi connectivity index (χ1) is 12.9. The van der Waals surface area contributed by atoms with Crippen LogP contribution < -0.4 is 10.6 Å². The van der Waals surface area contributed by atoms with Crippen LogP contribution in [0.4, 0.5) is 0 Å². The van der Waals surface area contributed by atoms with Gasteiger partial charge in [0, 0.05) is 74.2 Å². The summed E-state index contributed by atoms with van der Waals surface area (Å²) in [4.78, 5) is 8.46. The lowest BCUT2D eigenvalue weighted by molar-refractivity contribution is 0.132. The van der Waals surface area contributed by atoms with Crippen molar-refractivity contribution in [3.05, 3.63) is 43.8 Å². The van der Waals surface area contributed by atoms with Crippen LogP contribution in [0.1, 0.15) is 20.9 Å². The zero-order valence-electron chi connectivity index (χ0n) is 15.2. The molecule has 26 heavy (non-hydrogen) atoms. The first-order valence-electron chi connectivity index (χ1n) is 9.87. The lowest BCUT2D eigenvalue weighted by atomic mass is 10.0. The average molecular weight is 389 g/mol. The summed E-state index contributed by atoms with van der Waals surface area (Å²) in [6, 6.07) is 6.21. The fourth-order valence-corrected chi connectivity index (χ4v) is 6.01. The van der Waals surface area contributed by atoms with Crippen molar-refractivity contribution in [2.45, 2.75) is 38.0 Å². The van der Waals surface area contributed by atoms with Gasteiger partial charge in [-0.2, -0.15) is 0 Å². The van der Waals surface area contributed by atoms with E-state index in [-0.39, 0.29) is 0 Å². The first-order valence-corrected chi connectivity index (χ1v) is 11.6. The van der Waals surface area contributed by atoms with Gasteiger partial charge < -0.3 is 10.6 Å². The molecule has 2 aromatic rings.